The minimum absolute atomic E-state index is 0.0358. The predicted octanol–water partition coefficient (Wildman–Crippen LogP) is 7.12. The van der Waals surface area contributed by atoms with E-state index in [-0.39, 0.29) is 17.3 Å². The van der Waals surface area contributed by atoms with Crippen molar-refractivity contribution in [1.29, 1.82) is 0 Å². The molecule has 0 amide bonds. The van der Waals surface area contributed by atoms with Crippen molar-refractivity contribution in [2.45, 2.75) is 97.0 Å². The number of hydrogen-bond acceptors (Lipinski definition) is 3. The molecule has 0 aromatic rings. The van der Waals surface area contributed by atoms with Gasteiger partial charge in [-0.3, -0.25) is 4.79 Å². The zero-order valence-electron chi connectivity index (χ0n) is 20.0. The Morgan fingerprint density at radius 3 is 2.65 bits per heavy atom. The van der Waals surface area contributed by atoms with Crippen molar-refractivity contribution in [2.24, 2.45) is 34.5 Å². The zero-order chi connectivity index (χ0) is 22.1. The second-order valence-electron chi connectivity index (χ2n) is 11.3. The SMILES string of the molecule is COC(=O)[C@H]1CCC2C3CC=C4C[C@@H](OCCCCCCI)CC[C@]4(C)C3CC[C@@]21C. The van der Waals surface area contributed by atoms with E-state index in [0.29, 0.717) is 17.4 Å². The second-order valence-corrected chi connectivity index (χ2v) is 12.4. The fourth-order valence-electron chi connectivity index (χ4n) is 8.10. The maximum absolute atomic E-state index is 12.5. The number of carbonyl (C=O) groups excluding carboxylic acids is 1. The summed E-state index contributed by atoms with van der Waals surface area (Å²) in [5.41, 5.74) is 2.20. The van der Waals surface area contributed by atoms with Crippen LogP contribution in [-0.4, -0.2) is 30.2 Å². The zero-order valence-corrected chi connectivity index (χ0v) is 22.1. The van der Waals surface area contributed by atoms with Crippen LogP contribution < -0.4 is 0 Å². The monoisotopic (exact) mass is 542 g/mol. The Hall–Kier alpha value is -0.100. The predicted molar refractivity (Wildman–Crippen MR) is 134 cm³/mol. The van der Waals surface area contributed by atoms with E-state index in [1.54, 1.807) is 12.7 Å². The minimum Gasteiger partial charge on any atom is -0.469 e. The molecule has 4 aliphatic rings. The third kappa shape index (κ3) is 4.50. The summed E-state index contributed by atoms with van der Waals surface area (Å²) in [7, 11) is 1.56. The van der Waals surface area contributed by atoms with E-state index in [2.05, 4.69) is 42.5 Å². The van der Waals surface area contributed by atoms with Crippen LogP contribution in [0.5, 0.6) is 0 Å². The van der Waals surface area contributed by atoms with Crippen LogP contribution in [-0.2, 0) is 14.3 Å². The molecule has 0 saturated heterocycles. The van der Waals surface area contributed by atoms with Gasteiger partial charge in [0.15, 0.2) is 0 Å². The highest BCUT2D eigenvalue weighted by Crippen LogP contribution is 2.66. The Morgan fingerprint density at radius 1 is 1.06 bits per heavy atom. The first kappa shape index (κ1) is 24.0. The van der Waals surface area contributed by atoms with Gasteiger partial charge in [0.05, 0.1) is 19.1 Å². The lowest BCUT2D eigenvalue weighted by Crippen LogP contribution is -2.51. The highest BCUT2D eigenvalue weighted by Gasteiger charge is 2.60. The van der Waals surface area contributed by atoms with Gasteiger partial charge < -0.3 is 9.47 Å². The molecule has 7 atom stereocenters. The normalized spacial score (nSPS) is 41.7. The summed E-state index contributed by atoms with van der Waals surface area (Å²) in [4.78, 5) is 12.5. The minimum atomic E-state index is 0.0358. The maximum atomic E-state index is 12.5. The fraction of sp³-hybridized carbons (Fsp3) is 0.889. The van der Waals surface area contributed by atoms with E-state index in [1.807, 2.05) is 0 Å². The molecule has 0 bridgehead atoms. The van der Waals surface area contributed by atoms with Crippen molar-refractivity contribution in [1.82, 2.24) is 0 Å². The third-order valence-corrected chi connectivity index (χ3v) is 10.7. The Kier molecular flexibility index (Phi) is 7.78. The molecule has 4 aliphatic carbocycles. The number of fused-ring (bicyclic) bond motifs is 5. The molecule has 3 unspecified atom stereocenters. The van der Waals surface area contributed by atoms with Crippen LogP contribution in [0.3, 0.4) is 0 Å². The number of hydrogen-bond donors (Lipinski definition) is 0. The van der Waals surface area contributed by atoms with Crippen LogP contribution in [0.2, 0.25) is 0 Å². The number of allylic oxidation sites excluding steroid dienone is 1. The molecule has 4 heteroatoms. The molecule has 0 aromatic carbocycles. The molecule has 3 fully saturated rings. The van der Waals surface area contributed by atoms with E-state index >= 15 is 0 Å². The van der Waals surface area contributed by atoms with Crippen LogP contribution in [0, 0.1) is 34.5 Å². The second kappa shape index (κ2) is 10.0. The van der Waals surface area contributed by atoms with E-state index in [0.717, 1.165) is 31.3 Å². The molecule has 176 valence electrons. The van der Waals surface area contributed by atoms with Gasteiger partial charge in [-0.05, 0) is 97.2 Å². The standard InChI is InChI=1S/C27H43IO3/c1-26-14-12-20(31-17-7-5-4-6-16-28)18-19(26)8-9-21-22-10-11-24(25(29)30-3)27(22,2)15-13-23(21)26/h8,20-24H,4-7,9-18H2,1-3H3/t20-,21?,22?,23?,24+,26-,27-/m0/s1. The van der Waals surface area contributed by atoms with Crippen molar-refractivity contribution < 1.29 is 14.3 Å². The van der Waals surface area contributed by atoms with Gasteiger partial charge in [0.1, 0.15) is 0 Å². The first-order chi connectivity index (χ1) is 14.9. The summed E-state index contributed by atoms with van der Waals surface area (Å²) < 4.78 is 12.8. The molecular formula is C27H43IO3. The average Bonchev–Trinajstić information content (AvgIpc) is 3.13. The van der Waals surface area contributed by atoms with Gasteiger partial charge in [0.25, 0.3) is 0 Å². The number of unbranched alkanes of at least 4 members (excludes halogenated alkanes) is 3. The van der Waals surface area contributed by atoms with Crippen molar-refractivity contribution in [3.05, 3.63) is 11.6 Å². The third-order valence-electron chi connectivity index (χ3n) is 9.93. The largest absolute Gasteiger partial charge is 0.469 e. The van der Waals surface area contributed by atoms with Crippen LogP contribution in [0.4, 0.5) is 0 Å². The van der Waals surface area contributed by atoms with Gasteiger partial charge in [-0.15, -0.1) is 0 Å². The molecule has 4 rings (SSSR count). The van der Waals surface area contributed by atoms with Crippen LogP contribution in [0.1, 0.15) is 90.9 Å². The Balaban J connectivity index is 1.38. The van der Waals surface area contributed by atoms with E-state index in [4.69, 9.17) is 9.47 Å². The topological polar surface area (TPSA) is 35.5 Å². The summed E-state index contributed by atoms with van der Waals surface area (Å²) in [6.45, 7) is 5.90. The van der Waals surface area contributed by atoms with Gasteiger partial charge in [-0.2, -0.15) is 0 Å². The number of halogens is 1. The number of esters is 1. The number of carbonyl (C=O) groups is 1. The molecular weight excluding hydrogens is 499 g/mol. The van der Waals surface area contributed by atoms with Crippen LogP contribution >= 0.6 is 22.6 Å². The molecule has 0 aromatic heterocycles. The Morgan fingerprint density at radius 2 is 1.87 bits per heavy atom. The van der Waals surface area contributed by atoms with Crippen molar-refractivity contribution in [3.8, 4) is 0 Å². The molecule has 3 saturated carbocycles. The summed E-state index contributed by atoms with van der Waals surface area (Å²) in [5, 5.41) is 0. The maximum Gasteiger partial charge on any atom is 0.309 e. The highest BCUT2D eigenvalue weighted by molar-refractivity contribution is 14.1. The Labute approximate surface area is 203 Å². The molecule has 0 heterocycles. The Bertz CT molecular complexity index is 675. The number of ether oxygens (including phenoxy) is 2. The quantitative estimate of drug-likeness (QED) is 0.108. The summed E-state index contributed by atoms with van der Waals surface area (Å²) in [6, 6.07) is 0. The van der Waals surface area contributed by atoms with Gasteiger partial charge >= 0.3 is 5.97 Å². The number of alkyl halides is 1. The average molecular weight is 543 g/mol. The van der Waals surface area contributed by atoms with Gasteiger partial charge in [0.2, 0.25) is 0 Å². The van der Waals surface area contributed by atoms with E-state index in [1.165, 1.54) is 68.6 Å². The smallest absolute Gasteiger partial charge is 0.309 e. The molecule has 0 radical (unpaired) electrons. The van der Waals surface area contributed by atoms with Gasteiger partial charge in [-0.1, -0.05) is 60.9 Å². The molecule has 0 N–H and O–H groups in total. The lowest BCUT2D eigenvalue weighted by molar-refractivity contribution is -0.152. The van der Waals surface area contributed by atoms with Crippen molar-refractivity contribution in [2.75, 3.05) is 18.1 Å². The highest BCUT2D eigenvalue weighted by atomic mass is 127. The molecule has 0 aliphatic heterocycles. The van der Waals surface area contributed by atoms with Crippen LogP contribution in [0.15, 0.2) is 11.6 Å². The summed E-state index contributed by atoms with van der Waals surface area (Å²) in [6.07, 6.45) is 17.8. The summed E-state index contributed by atoms with van der Waals surface area (Å²) >= 11 is 2.47. The number of rotatable bonds is 8. The lowest BCUT2D eigenvalue weighted by Gasteiger charge is -2.58. The van der Waals surface area contributed by atoms with Crippen LogP contribution in [0.25, 0.3) is 0 Å². The summed E-state index contributed by atoms with van der Waals surface area (Å²) in [5.74, 6) is 2.37. The molecule has 3 nitrogen and oxygen atoms in total. The molecule has 31 heavy (non-hydrogen) atoms. The van der Waals surface area contributed by atoms with E-state index < -0.39 is 0 Å². The first-order valence-electron chi connectivity index (χ1n) is 12.9. The lowest BCUT2D eigenvalue weighted by atomic mass is 9.47. The fourth-order valence-corrected chi connectivity index (χ4v) is 8.64. The van der Waals surface area contributed by atoms with E-state index in [9.17, 15) is 4.79 Å². The van der Waals surface area contributed by atoms with Crippen molar-refractivity contribution >= 4 is 28.6 Å². The van der Waals surface area contributed by atoms with Gasteiger partial charge in [-0.25, -0.2) is 0 Å². The number of methoxy groups -OCH3 is 1. The first-order valence-corrected chi connectivity index (χ1v) is 14.4. The molecule has 0 spiro atoms. The van der Waals surface area contributed by atoms with Crippen molar-refractivity contribution in [3.63, 3.8) is 0 Å². The van der Waals surface area contributed by atoms with Gasteiger partial charge in [0, 0.05) is 6.61 Å².